The molecule has 3 rings (SSSR count). The first-order valence-corrected chi connectivity index (χ1v) is 7.48. The molecule has 0 atom stereocenters. The molecule has 0 bridgehead atoms. The summed E-state index contributed by atoms with van der Waals surface area (Å²) in [4.78, 5) is 24.5. The van der Waals surface area contributed by atoms with Crippen LogP contribution < -0.4 is 11.1 Å². The van der Waals surface area contributed by atoms with E-state index < -0.39 is 29.4 Å². The fourth-order valence-electron chi connectivity index (χ4n) is 2.73. The van der Waals surface area contributed by atoms with Crippen molar-refractivity contribution >= 4 is 17.6 Å². The number of carbonyl (C=O) groups is 2. The summed E-state index contributed by atoms with van der Waals surface area (Å²) in [5.74, 6) is -2.71. The van der Waals surface area contributed by atoms with Crippen molar-refractivity contribution in [2.24, 2.45) is 5.73 Å². The Hall–Kier alpha value is -3.03. The molecule has 0 saturated carbocycles. The number of benzene rings is 2. The number of hydrogen-bond acceptors (Lipinski definition) is 2. The van der Waals surface area contributed by atoms with E-state index in [0.29, 0.717) is 0 Å². The maximum atomic E-state index is 13.9. The number of halogens is 3. The molecule has 1 aliphatic rings. The number of fused-ring (bicyclic) bond motifs is 1. The van der Waals surface area contributed by atoms with Gasteiger partial charge in [0.1, 0.15) is 17.5 Å². The fraction of sp³-hybridized carbons (Fsp3) is 0.176. The van der Waals surface area contributed by atoms with Crippen LogP contribution in [0.2, 0.25) is 0 Å². The van der Waals surface area contributed by atoms with E-state index in [1.165, 1.54) is 17.0 Å². The quantitative estimate of drug-likeness (QED) is 0.875. The Kier molecular flexibility index (Phi) is 4.35. The first-order chi connectivity index (χ1) is 11.9. The number of anilines is 1. The number of nitrogens with one attached hydrogen (secondary N) is 1. The molecule has 5 nitrogen and oxygen atoms in total. The van der Waals surface area contributed by atoms with Crippen molar-refractivity contribution in [1.29, 1.82) is 0 Å². The van der Waals surface area contributed by atoms with Crippen LogP contribution in [0.5, 0.6) is 0 Å². The van der Waals surface area contributed by atoms with Crippen LogP contribution >= 0.6 is 0 Å². The van der Waals surface area contributed by atoms with E-state index in [-0.39, 0.29) is 41.9 Å². The lowest BCUT2D eigenvalue weighted by Crippen LogP contribution is -2.39. The number of nitrogens with zero attached hydrogens (tertiary/aromatic N) is 1. The van der Waals surface area contributed by atoms with Gasteiger partial charge in [-0.05, 0) is 42.3 Å². The lowest BCUT2D eigenvalue weighted by atomic mass is 9.99. The molecule has 0 aliphatic carbocycles. The monoisotopic (exact) mass is 349 g/mol. The van der Waals surface area contributed by atoms with Crippen LogP contribution in [-0.2, 0) is 13.0 Å². The van der Waals surface area contributed by atoms with Gasteiger partial charge in [0.15, 0.2) is 0 Å². The highest BCUT2D eigenvalue weighted by molar-refractivity contribution is 5.94. The third-order valence-corrected chi connectivity index (χ3v) is 4.08. The van der Waals surface area contributed by atoms with Gasteiger partial charge in [-0.25, -0.2) is 18.0 Å². The smallest absolute Gasteiger partial charge is 0.322 e. The standard InChI is InChI=1S/C17H14F3N3O2/c18-12-2-3-13(19)11-8-23(6-5-10(11)12)17(25)22-15-4-1-9(16(21)24)7-14(15)20/h1-4,7H,5-6,8H2,(H2,21,24)(H,22,25). The van der Waals surface area contributed by atoms with Crippen molar-refractivity contribution in [2.75, 3.05) is 11.9 Å². The van der Waals surface area contributed by atoms with Crippen molar-refractivity contribution in [3.8, 4) is 0 Å². The van der Waals surface area contributed by atoms with Crippen LogP contribution in [0.4, 0.5) is 23.7 Å². The highest BCUT2D eigenvalue weighted by atomic mass is 19.1. The predicted molar refractivity (Wildman–Crippen MR) is 84.4 cm³/mol. The molecule has 8 heteroatoms. The van der Waals surface area contributed by atoms with Gasteiger partial charge in [-0.3, -0.25) is 4.79 Å². The molecule has 2 aromatic carbocycles. The summed E-state index contributed by atoms with van der Waals surface area (Å²) in [5, 5.41) is 2.35. The first-order valence-electron chi connectivity index (χ1n) is 7.48. The molecule has 25 heavy (non-hydrogen) atoms. The average molecular weight is 349 g/mol. The Labute approximate surface area is 141 Å². The van der Waals surface area contributed by atoms with Crippen LogP contribution in [-0.4, -0.2) is 23.4 Å². The van der Waals surface area contributed by atoms with Crippen LogP contribution in [0, 0.1) is 17.5 Å². The molecular weight excluding hydrogens is 335 g/mol. The van der Waals surface area contributed by atoms with Gasteiger partial charge in [-0.15, -0.1) is 0 Å². The third-order valence-electron chi connectivity index (χ3n) is 4.08. The number of rotatable bonds is 2. The van der Waals surface area contributed by atoms with Crippen LogP contribution in [0.25, 0.3) is 0 Å². The summed E-state index contributed by atoms with van der Waals surface area (Å²) in [6.07, 6.45) is 0.162. The Morgan fingerprint density at radius 3 is 2.32 bits per heavy atom. The zero-order valence-electron chi connectivity index (χ0n) is 13.0. The second-order valence-corrected chi connectivity index (χ2v) is 5.65. The van der Waals surface area contributed by atoms with Gasteiger partial charge in [0.2, 0.25) is 5.91 Å². The first kappa shape index (κ1) is 16.8. The zero-order valence-corrected chi connectivity index (χ0v) is 13.0. The number of nitrogens with two attached hydrogens (primary N) is 1. The Bertz CT molecular complexity index is 870. The Balaban J connectivity index is 1.77. The number of primary amides is 1. The lowest BCUT2D eigenvalue weighted by Gasteiger charge is -2.29. The molecule has 0 aromatic heterocycles. The molecule has 2 aromatic rings. The van der Waals surface area contributed by atoms with Gasteiger partial charge >= 0.3 is 6.03 Å². The average Bonchev–Trinajstić information content (AvgIpc) is 2.59. The molecule has 0 unspecified atom stereocenters. The van der Waals surface area contributed by atoms with E-state index in [1.807, 2.05) is 0 Å². The van der Waals surface area contributed by atoms with Crippen molar-refractivity contribution in [2.45, 2.75) is 13.0 Å². The summed E-state index contributed by atoms with van der Waals surface area (Å²) in [6, 6.07) is 4.82. The summed E-state index contributed by atoms with van der Waals surface area (Å²) < 4.78 is 41.5. The predicted octanol–water partition coefficient (Wildman–Crippen LogP) is 2.79. The van der Waals surface area contributed by atoms with Gasteiger partial charge in [0.05, 0.1) is 12.2 Å². The van der Waals surface area contributed by atoms with Crippen LogP contribution in [0.15, 0.2) is 30.3 Å². The molecule has 1 heterocycles. The minimum absolute atomic E-state index is 0.0278. The van der Waals surface area contributed by atoms with Crippen molar-refractivity contribution < 1.29 is 22.8 Å². The Morgan fingerprint density at radius 2 is 1.68 bits per heavy atom. The summed E-state index contributed by atoms with van der Waals surface area (Å²) in [5.41, 5.74) is 5.26. The van der Waals surface area contributed by atoms with Crippen molar-refractivity contribution in [1.82, 2.24) is 4.90 Å². The molecule has 0 spiro atoms. The fourth-order valence-corrected chi connectivity index (χ4v) is 2.73. The zero-order chi connectivity index (χ0) is 18.1. The van der Waals surface area contributed by atoms with E-state index in [1.54, 1.807) is 0 Å². The lowest BCUT2D eigenvalue weighted by molar-refractivity contribution is 0.1000. The van der Waals surface area contributed by atoms with Gasteiger partial charge in [0, 0.05) is 17.7 Å². The minimum atomic E-state index is -0.820. The van der Waals surface area contributed by atoms with Gasteiger partial charge in [-0.1, -0.05) is 0 Å². The van der Waals surface area contributed by atoms with Crippen molar-refractivity contribution in [3.63, 3.8) is 0 Å². The molecule has 1 aliphatic heterocycles. The van der Waals surface area contributed by atoms with E-state index >= 15 is 0 Å². The topological polar surface area (TPSA) is 75.4 Å². The number of urea groups is 1. The van der Waals surface area contributed by atoms with E-state index in [2.05, 4.69) is 5.32 Å². The van der Waals surface area contributed by atoms with Crippen LogP contribution in [0.1, 0.15) is 21.5 Å². The number of carbonyl (C=O) groups excluding carboxylic acids is 2. The second kappa shape index (κ2) is 6.46. The van der Waals surface area contributed by atoms with Gasteiger partial charge < -0.3 is 16.0 Å². The number of amides is 3. The largest absolute Gasteiger partial charge is 0.366 e. The normalized spacial score (nSPS) is 13.3. The second-order valence-electron chi connectivity index (χ2n) is 5.65. The third kappa shape index (κ3) is 3.28. The van der Waals surface area contributed by atoms with E-state index in [4.69, 9.17) is 5.73 Å². The van der Waals surface area contributed by atoms with Gasteiger partial charge in [0.25, 0.3) is 0 Å². The van der Waals surface area contributed by atoms with E-state index in [0.717, 1.165) is 18.2 Å². The maximum Gasteiger partial charge on any atom is 0.322 e. The SMILES string of the molecule is NC(=O)c1ccc(NC(=O)N2CCc3c(F)ccc(F)c3C2)c(F)c1. The molecule has 3 amide bonds. The maximum absolute atomic E-state index is 13.9. The Morgan fingerprint density at radius 1 is 1.00 bits per heavy atom. The highest BCUT2D eigenvalue weighted by Crippen LogP contribution is 2.25. The summed E-state index contributed by atoms with van der Waals surface area (Å²) in [7, 11) is 0. The minimum Gasteiger partial charge on any atom is -0.366 e. The number of hydrogen-bond donors (Lipinski definition) is 2. The molecule has 130 valence electrons. The van der Waals surface area contributed by atoms with Gasteiger partial charge in [-0.2, -0.15) is 0 Å². The molecular formula is C17H14F3N3O2. The van der Waals surface area contributed by atoms with Crippen LogP contribution in [0.3, 0.4) is 0 Å². The molecule has 0 radical (unpaired) electrons. The summed E-state index contributed by atoms with van der Waals surface area (Å²) in [6.45, 7) is 0.0476. The molecule has 0 fully saturated rings. The van der Waals surface area contributed by atoms with Crippen molar-refractivity contribution in [3.05, 3.63) is 64.5 Å². The molecule has 0 saturated heterocycles. The molecule has 3 N–H and O–H groups in total. The van der Waals surface area contributed by atoms with E-state index in [9.17, 15) is 22.8 Å². The summed E-state index contributed by atoms with van der Waals surface area (Å²) >= 11 is 0. The highest BCUT2D eigenvalue weighted by Gasteiger charge is 2.26.